The van der Waals surface area contributed by atoms with Crippen molar-refractivity contribution in [3.05, 3.63) is 54.0 Å². The van der Waals surface area contributed by atoms with Gasteiger partial charge in [-0.2, -0.15) is 8.42 Å². The van der Waals surface area contributed by atoms with Crippen LogP contribution in [-0.2, 0) is 16.7 Å². The highest BCUT2D eigenvalue weighted by molar-refractivity contribution is 7.73. The van der Waals surface area contributed by atoms with Gasteiger partial charge in [0, 0.05) is 24.7 Å². The van der Waals surface area contributed by atoms with Crippen LogP contribution in [0.4, 0.5) is 11.5 Å². The van der Waals surface area contributed by atoms with Crippen molar-refractivity contribution in [3.8, 4) is 0 Å². The van der Waals surface area contributed by atoms with Crippen LogP contribution in [-0.4, -0.2) is 30.3 Å². The van der Waals surface area contributed by atoms with Crippen molar-refractivity contribution >= 4 is 32.7 Å². The molecule has 0 aliphatic heterocycles. The molecule has 2 aromatic rings. The lowest BCUT2D eigenvalue weighted by Crippen LogP contribution is -2.18. The SMILES string of the molecule is CN(c1ccccc1)c1ncnc2c1CC(=S(=O)=O)C=C2. The summed E-state index contributed by atoms with van der Waals surface area (Å²) in [6, 6.07) is 9.79. The van der Waals surface area contributed by atoms with E-state index in [1.807, 2.05) is 42.3 Å². The average molecular weight is 299 g/mol. The van der Waals surface area contributed by atoms with Crippen molar-refractivity contribution in [2.75, 3.05) is 11.9 Å². The molecule has 3 rings (SSSR count). The molecule has 0 saturated heterocycles. The molecule has 0 atom stereocenters. The number of anilines is 2. The highest BCUT2D eigenvalue weighted by Gasteiger charge is 2.19. The molecule has 1 aliphatic carbocycles. The molecule has 0 bridgehead atoms. The van der Waals surface area contributed by atoms with Crippen LogP contribution in [0.1, 0.15) is 11.3 Å². The average Bonchev–Trinajstić information content (AvgIpc) is 2.54. The van der Waals surface area contributed by atoms with Crippen LogP contribution >= 0.6 is 0 Å². The predicted octanol–water partition coefficient (Wildman–Crippen LogP) is 1.87. The van der Waals surface area contributed by atoms with E-state index in [2.05, 4.69) is 9.97 Å². The van der Waals surface area contributed by atoms with Crippen molar-refractivity contribution in [2.24, 2.45) is 0 Å². The van der Waals surface area contributed by atoms with Crippen molar-refractivity contribution in [1.82, 2.24) is 9.97 Å². The van der Waals surface area contributed by atoms with Crippen LogP contribution < -0.4 is 4.90 Å². The van der Waals surface area contributed by atoms with Crippen LogP contribution in [0.25, 0.3) is 6.08 Å². The summed E-state index contributed by atoms with van der Waals surface area (Å²) in [5.41, 5.74) is 2.57. The summed E-state index contributed by atoms with van der Waals surface area (Å²) in [5.74, 6) is 0.721. The monoisotopic (exact) mass is 299 g/mol. The maximum Gasteiger partial charge on any atom is 0.217 e. The molecule has 5 nitrogen and oxygen atoms in total. The minimum Gasteiger partial charge on any atom is -0.329 e. The van der Waals surface area contributed by atoms with Gasteiger partial charge in [0.25, 0.3) is 0 Å². The summed E-state index contributed by atoms with van der Waals surface area (Å²) in [5, 5.41) is 0. The fourth-order valence-electron chi connectivity index (χ4n) is 2.31. The molecule has 1 aliphatic rings. The van der Waals surface area contributed by atoms with Gasteiger partial charge >= 0.3 is 0 Å². The Hall–Kier alpha value is -2.47. The van der Waals surface area contributed by atoms with Crippen LogP contribution in [0.5, 0.6) is 0 Å². The van der Waals surface area contributed by atoms with Crippen LogP contribution in [0.15, 0.2) is 42.7 Å². The normalized spacial score (nSPS) is 12.9. The van der Waals surface area contributed by atoms with Gasteiger partial charge in [0.1, 0.15) is 12.1 Å². The third-order valence-electron chi connectivity index (χ3n) is 3.41. The third-order valence-corrected chi connectivity index (χ3v) is 4.12. The standard InChI is InChI=1S/C15H13N3O2S/c1-18(11-5-3-2-4-6-11)15-13-9-12(21(19)20)7-8-14(13)16-10-17-15/h2-8,10H,9H2,1H3. The first-order chi connectivity index (χ1) is 10.2. The maximum atomic E-state index is 11.2. The van der Waals surface area contributed by atoms with Gasteiger partial charge in [0.15, 0.2) is 0 Å². The van der Waals surface area contributed by atoms with Gasteiger partial charge < -0.3 is 4.90 Å². The van der Waals surface area contributed by atoms with Gasteiger partial charge in [-0.05, 0) is 24.3 Å². The van der Waals surface area contributed by atoms with E-state index in [1.165, 1.54) is 6.33 Å². The lowest BCUT2D eigenvalue weighted by Gasteiger charge is -2.23. The lowest BCUT2D eigenvalue weighted by molar-refractivity contribution is 0.627. The summed E-state index contributed by atoms with van der Waals surface area (Å²) in [7, 11) is -0.313. The fraction of sp³-hybridized carbons (Fsp3) is 0.133. The topological polar surface area (TPSA) is 63.2 Å². The summed E-state index contributed by atoms with van der Waals surface area (Å²) in [6.45, 7) is 0. The van der Waals surface area contributed by atoms with Crippen LogP contribution in [0, 0.1) is 0 Å². The summed E-state index contributed by atoms with van der Waals surface area (Å²) in [4.78, 5) is 10.8. The van der Waals surface area contributed by atoms with Crippen molar-refractivity contribution in [3.63, 3.8) is 0 Å². The lowest BCUT2D eigenvalue weighted by atomic mass is 10.0. The second kappa shape index (κ2) is 5.49. The maximum absolute atomic E-state index is 11.2. The smallest absolute Gasteiger partial charge is 0.217 e. The molecule has 1 heterocycles. The quantitative estimate of drug-likeness (QED) is 0.792. The minimum absolute atomic E-state index is 0.315. The number of nitrogens with zero attached hydrogens (tertiary/aromatic N) is 3. The Bertz CT molecular complexity index is 834. The van der Waals surface area contributed by atoms with E-state index in [1.54, 1.807) is 12.2 Å². The van der Waals surface area contributed by atoms with Gasteiger partial charge in [-0.15, -0.1) is 0 Å². The van der Waals surface area contributed by atoms with E-state index in [0.717, 1.165) is 22.8 Å². The first kappa shape index (κ1) is 13.5. The Morgan fingerprint density at radius 3 is 2.57 bits per heavy atom. The van der Waals surface area contributed by atoms with Gasteiger partial charge in [-0.3, -0.25) is 0 Å². The van der Waals surface area contributed by atoms with Gasteiger partial charge in [-0.1, -0.05) is 18.2 Å². The first-order valence-electron chi connectivity index (χ1n) is 6.42. The van der Waals surface area contributed by atoms with Gasteiger partial charge in [0.05, 0.1) is 10.6 Å². The number of aromatic nitrogens is 2. The third kappa shape index (κ3) is 2.57. The molecule has 106 valence electrons. The van der Waals surface area contributed by atoms with E-state index in [-0.39, 0.29) is 0 Å². The Balaban J connectivity index is 2.11. The molecule has 0 N–H and O–H groups in total. The zero-order chi connectivity index (χ0) is 14.8. The van der Waals surface area contributed by atoms with Crippen molar-refractivity contribution in [1.29, 1.82) is 0 Å². The Morgan fingerprint density at radius 2 is 1.86 bits per heavy atom. The number of rotatable bonds is 2. The number of hydrogen-bond donors (Lipinski definition) is 0. The molecular formula is C15H13N3O2S. The van der Waals surface area contributed by atoms with Crippen molar-refractivity contribution in [2.45, 2.75) is 6.42 Å². The molecule has 0 spiro atoms. The minimum atomic E-state index is -2.22. The Kier molecular flexibility index (Phi) is 3.53. The van der Waals surface area contributed by atoms with Gasteiger partial charge in [-0.25, -0.2) is 9.97 Å². The molecule has 21 heavy (non-hydrogen) atoms. The zero-order valence-electron chi connectivity index (χ0n) is 11.4. The summed E-state index contributed by atoms with van der Waals surface area (Å²) >= 11 is 0. The first-order valence-corrected chi connectivity index (χ1v) is 7.50. The Labute approximate surface area is 124 Å². The van der Waals surface area contributed by atoms with E-state index < -0.39 is 10.3 Å². The number of allylic oxidation sites excluding steroid dienone is 1. The second-order valence-corrected chi connectivity index (χ2v) is 5.66. The highest BCUT2D eigenvalue weighted by Crippen LogP contribution is 2.28. The fourth-order valence-corrected chi connectivity index (χ4v) is 2.75. The predicted molar refractivity (Wildman–Crippen MR) is 83.2 cm³/mol. The van der Waals surface area contributed by atoms with E-state index >= 15 is 0 Å². The largest absolute Gasteiger partial charge is 0.329 e. The molecule has 0 unspecified atom stereocenters. The van der Waals surface area contributed by atoms with E-state index in [4.69, 9.17) is 0 Å². The zero-order valence-corrected chi connectivity index (χ0v) is 12.2. The molecule has 1 aromatic carbocycles. The molecule has 6 heteroatoms. The number of para-hydroxylation sites is 1. The van der Waals surface area contributed by atoms with Crippen molar-refractivity contribution < 1.29 is 8.42 Å². The number of fused-ring (bicyclic) bond motifs is 1. The molecule has 0 radical (unpaired) electrons. The second-order valence-electron chi connectivity index (χ2n) is 4.67. The molecule has 1 aromatic heterocycles. The molecule has 0 amide bonds. The summed E-state index contributed by atoms with van der Waals surface area (Å²) < 4.78 is 22.3. The number of hydrogen-bond acceptors (Lipinski definition) is 5. The highest BCUT2D eigenvalue weighted by atomic mass is 32.2. The number of benzene rings is 1. The molecule has 0 saturated carbocycles. The van der Waals surface area contributed by atoms with Crippen LogP contribution in [0.2, 0.25) is 0 Å². The Morgan fingerprint density at radius 1 is 1.10 bits per heavy atom. The summed E-state index contributed by atoms with van der Waals surface area (Å²) in [6.07, 6.45) is 5.12. The van der Waals surface area contributed by atoms with E-state index in [9.17, 15) is 8.42 Å². The van der Waals surface area contributed by atoms with E-state index in [0.29, 0.717) is 11.3 Å². The van der Waals surface area contributed by atoms with Gasteiger partial charge in [0.2, 0.25) is 10.3 Å². The van der Waals surface area contributed by atoms with Crippen LogP contribution in [0.3, 0.4) is 0 Å². The molecule has 0 fully saturated rings. The molecular weight excluding hydrogens is 286 g/mol.